The average molecular weight is 220 g/mol. The van der Waals surface area contributed by atoms with Crippen molar-refractivity contribution in [1.29, 1.82) is 0 Å². The molecule has 0 N–H and O–H groups in total. The van der Waals surface area contributed by atoms with Gasteiger partial charge in [0.25, 0.3) is 0 Å². The average Bonchev–Trinajstić information content (AvgIpc) is 2.66. The van der Waals surface area contributed by atoms with Crippen LogP contribution in [0.5, 0.6) is 5.75 Å². The van der Waals surface area contributed by atoms with Crippen LogP contribution in [0.3, 0.4) is 0 Å². The third kappa shape index (κ3) is 1.10. The molecule has 0 aliphatic carbocycles. The van der Waals surface area contributed by atoms with Gasteiger partial charge < -0.3 is 4.74 Å². The van der Waals surface area contributed by atoms with Gasteiger partial charge in [0.2, 0.25) is 0 Å². The second-order valence-electron chi connectivity index (χ2n) is 4.18. The number of halogens is 1. The minimum Gasteiger partial charge on any atom is -0.489 e. The van der Waals surface area contributed by atoms with Crippen LogP contribution in [-0.2, 0) is 6.54 Å². The number of nitrogens with zero attached hydrogens (tertiary/aromatic N) is 2. The number of benzene rings is 1. The van der Waals surface area contributed by atoms with Gasteiger partial charge in [-0.15, -0.1) is 0 Å². The number of rotatable bonds is 1. The maximum absolute atomic E-state index is 13.6. The molecule has 1 aromatic carbocycles. The van der Waals surface area contributed by atoms with Crippen LogP contribution in [0.1, 0.15) is 25.5 Å². The Hall–Kier alpha value is -1.58. The molecular formula is C12H13FN2O. The number of hydrogen-bond acceptors (Lipinski definition) is 2. The fourth-order valence-electron chi connectivity index (χ4n) is 2.36. The summed E-state index contributed by atoms with van der Waals surface area (Å²) >= 11 is 0. The van der Waals surface area contributed by atoms with E-state index in [9.17, 15) is 4.39 Å². The van der Waals surface area contributed by atoms with E-state index in [0.29, 0.717) is 12.4 Å². The molecule has 0 spiro atoms. The summed E-state index contributed by atoms with van der Waals surface area (Å²) < 4.78 is 21.0. The lowest BCUT2D eigenvalue weighted by atomic mass is 10.0. The lowest BCUT2D eigenvalue weighted by Gasteiger charge is -2.21. The van der Waals surface area contributed by atoms with Crippen LogP contribution in [0.4, 0.5) is 4.39 Å². The van der Waals surface area contributed by atoms with Crippen LogP contribution in [0.2, 0.25) is 0 Å². The van der Waals surface area contributed by atoms with E-state index in [2.05, 4.69) is 12.0 Å². The summed E-state index contributed by atoms with van der Waals surface area (Å²) in [4.78, 5) is 0. The Morgan fingerprint density at radius 2 is 2.38 bits per heavy atom. The van der Waals surface area contributed by atoms with Gasteiger partial charge in [0.1, 0.15) is 0 Å². The molecule has 0 unspecified atom stereocenters. The van der Waals surface area contributed by atoms with Crippen LogP contribution in [0.15, 0.2) is 12.1 Å². The minimum absolute atomic E-state index is 0.263. The normalized spacial score (nSPS) is 18.8. The molecule has 0 fully saturated rings. The molecule has 3 rings (SSSR count). The molecule has 0 saturated carbocycles. The molecule has 0 saturated heterocycles. The Morgan fingerprint density at radius 3 is 3.12 bits per heavy atom. The zero-order chi connectivity index (χ0) is 11.3. The second kappa shape index (κ2) is 3.20. The van der Waals surface area contributed by atoms with Gasteiger partial charge in [-0.1, -0.05) is 6.92 Å². The van der Waals surface area contributed by atoms with Crippen LogP contribution in [-0.4, -0.2) is 16.4 Å². The minimum atomic E-state index is -0.295. The van der Waals surface area contributed by atoms with Gasteiger partial charge >= 0.3 is 0 Å². The van der Waals surface area contributed by atoms with E-state index in [-0.39, 0.29) is 11.7 Å². The number of ether oxygens (including phenoxy) is 1. The van der Waals surface area contributed by atoms with Crippen molar-refractivity contribution < 1.29 is 9.13 Å². The first kappa shape index (κ1) is 9.63. The van der Waals surface area contributed by atoms with Gasteiger partial charge in [0, 0.05) is 12.5 Å². The van der Waals surface area contributed by atoms with E-state index in [1.54, 1.807) is 6.07 Å². The van der Waals surface area contributed by atoms with E-state index >= 15 is 0 Å². The van der Waals surface area contributed by atoms with Crippen molar-refractivity contribution in [2.24, 2.45) is 0 Å². The van der Waals surface area contributed by atoms with Crippen LogP contribution in [0.25, 0.3) is 10.9 Å². The molecule has 0 bridgehead atoms. The second-order valence-corrected chi connectivity index (χ2v) is 4.18. The summed E-state index contributed by atoms with van der Waals surface area (Å²) in [6.45, 7) is 5.45. The first-order valence-corrected chi connectivity index (χ1v) is 5.54. The molecule has 84 valence electrons. The SMILES string of the molecule is CCn1nc2ccc(F)c3c2c1[C@H](C)CO3. The smallest absolute Gasteiger partial charge is 0.166 e. The monoisotopic (exact) mass is 220 g/mol. The van der Waals surface area contributed by atoms with Crippen molar-refractivity contribution in [2.75, 3.05) is 6.61 Å². The molecular weight excluding hydrogens is 207 g/mol. The molecule has 1 aliphatic rings. The highest BCUT2D eigenvalue weighted by Crippen LogP contribution is 2.39. The van der Waals surface area contributed by atoms with E-state index in [0.717, 1.165) is 23.1 Å². The Labute approximate surface area is 92.8 Å². The lowest BCUT2D eigenvalue weighted by molar-refractivity contribution is 0.271. The largest absolute Gasteiger partial charge is 0.489 e. The topological polar surface area (TPSA) is 27.1 Å². The standard InChI is InChI=1S/C12H13FN2O/c1-3-15-11-7(2)6-16-12-8(13)4-5-9(14-15)10(11)12/h4-5,7H,3,6H2,1-2H3/t7-/m1/s1. The van der Waals surface area contributed by atoms with E-state index in [1.807, 2.05) is 11.6 Å². The van der Waals surface area contributed by atoms with Gasteiger partial charge in [-0.25, -0.2) is 4.39 Å². The van der Waals surface area contributed by atoms with Gasteiger partial charge in [-0.3, -0.25) is 4.68 Å². The predicted octanol–water partition coefficient (Wildman–Crippen LogP) is 2.69. The molecule has 1 atom stereocenters. The Kier molecular flexibility index (Phi) is 1.93. The van der Waals surface area contributed by atoms with Crippen molar-refractivity contribution in [3.05, 3.63) is 23.6 Å². The van der Waals surface area contributed by atoms with Crippen molar-refractivity contribution in [2.45, 2.75) is 26.3 Å². The fraction of sp³-hybridized carbons (Fsp3) is 0.417. The molecule has 0 amide bonds. The summed E-state index contributed by atoms with van der Waals surface area (Å²) in [6, 6.07) is 3.13. The highest BCUT2D eigenvalue weighted by molar-refractivity contribution is 5.89. The Bertz CT molecular complexity index is 562. The maximum atomic E-state index is 13.6. The van der Waals surface area contributed by atoms with Gasteiger partial charge in [0.15, 0.2) is 11.6 Å². The third-order valence-corrected chi connectivity index (χ3v) is 3.09. The first-order valence-electron chi connectivity index (χ1n) is 5.54. The fourth-order valence-corrected chi connectivity index (χ4v) is 2.36. The highest BCUT2D eigenvalue weighted by atomic mass is 19.1. The van der Waals surface area contributed by atoms with Gasteiger partial charge in [0.05, 0.1) is 23.2 Å². The number of hydrogen-bond donors (Lipinski definition) is 0. The molecule has 1 aliphatic heterocycles. The van der Waals surface area contributed by atoms with Crippen molar-refractivity contribution in [1.82, 2.24) is 9.78 Å². The summed E-state index contributed by atoms with van der Waals surface area (Å²) in [5.74, 6) is 0.334. The molecule has 2 aromatic rings. The number of aromatic nitrogens is 2. The van der Waals surface area contributed by atoms with Crippen molar-refractivity contribution >= 4 is 10.9 Å². The van der Waals surface area contributed by atoms with Gasteiger partial charge in [-0.05, 0) is 19.1 Å². The van der Waals surface area contributed by atoms with E-state index in [1.165, 1.54) is 6.07 Å². The van der Waals surface area contributed by atoms with E-state index in [4.69, 9.17) is 4.74 Å². The van der Waals surface area contributed by atoms with Gasteiger partial charge in [-0.2, -0.15) is 5.10 Å². The molecule has 3 nitrogen and oxygen atoms in total. The Morgan fingerprint density at radius 1 is 1.56 bits per heavy atom. The zero-order valence-corrected chi connectivity index (χ0v) is 9.33. The first-order chi connectivity index (χ1) is 7.72. The molecule has 4 heteroatoms. The third-order valence-electron chi connectivity index (χ3n) is 3.09. The highest BCUT2D eigenvalue weighted by Gasteiger charge is 2.27. The summed E-state index contributed by atoms with van der Waals surface area (Å²) in [6.07, 6.45) is 0. The summed E-state index contributed by atoms with van der Waals surface area (Å²) in [7, 11) is 0. The van der Waals surface area contributed by atoms with Crippen molar-refractivity contribution in [3.8, 4) is 5.75 Å². The zero-order valence-electron chi connectivity index (χ0n) is 9.33. The Balaban J connectivity index is 2.44. The molecule has 0 radical (unpaired) electrons. The van der Waals surface area contributed by atoms with Crippen LogP contribution in [0, 0.1) is 5.82 Å². The quantitative estimate of drug-likeness (QED) is 0.738. The van der Waals surface area contributed by atoms with Crippen LogP contribution < -0.4 is 4.74 Å². The summed E-state index contributed by atoms with van der Waals surface area (Å²) in [5.41, 5.74) is 1.91. The molecule has 1 aromatic heterocycles. The molecule has 2 heterocycles. The maximum Gasteiger partial charge on any atom is 0.166 e. The lowest BCUT2D eigenvalue weighted by Crippen LogP contribution is -2.17. The van der Waals surface area contributed by atoms with Crippen LogP contribution >= 0.6 is 0 Å². The predicted molar refractivity (Wildman–Crippen MR) is 59.3 cm³/mol. The molecule has 16 heavy (non-hydrogen) atoms. The number of aryl methyl sites for hydroxylation is 1. The summed E-state index contributed by atoms with van der Waals surface area (Å²) in [5, 5.41) is 5.31. The van der Waals surface area contributed by atoms with Crippen molar-refractivity contribution in [3.63, 3.8) is 0 Å². The van der Waals surface area contributed by atoms with E-state index < -0.39 is 0 Å².